The number of hydrogen-bond acceptors (Lipinski definition) is 1. The van der Waals surface area contributed by atoms with Crippen LogP contribution in [0.25, 0.3) is 10.9 Å². The molecule has 0 atom stereocenters. The number of aromatic nitrogens is 1. The topological polar surface area (TPSA) is 19.0 Å². The maximum Gasteiger partial charge on any atom is 0.0457 e. The Labute approximate surface area is 110 Å². The zero-order chi connectivity index (χ0) is 12.8. The van der Waals surface area contributed by atoms with Gasteiger partial charge in [-0.25, -0.2) is 0 Å². The summed E-state index contributed by atoms with van der Waals surface area (Å²) in [5.41, 5.74) is 2.70. The van der Waals surface area contributed by atoms with Crippen LogP contribution in [0, 0.1) is 0 Å². The number of para-hydroxylation sites is 1. The third kappa shape index (κ3) is 2.94. The van der Waals surface area contributed by atoms with Gasteiger partial charge in [0.15, 0.2) is 0 Å². The summed E-state index contributed by atoms with van der Waals surface area (Å²) >= 11 is 0. The second kappa shape index (κ2) is 6.60. The average Bonchev–Trinajstić information content (AvgIpc) is 2.86. The summed E-state index contributed by atoms with van der Waals surface area (Å²) in [4.78, 5) is 5.92. The first-order valence-corrected chi connectivity index (χ1v) is 7.21. The van der Waals surface area contributed by atoms with Crippen molar-refractivity contribution in [2.45, 2.75) is 39.7 Å². The van der Waals surface area contributed by atoms with E-state index in [4.69, 9.17) is 0 Å². The van der Waals surface area contributed by atoms with Crippen LogP contribution < -0.4 is 0 Å². The normalized spacial score (nSPS) is 16.3. The average molecular weight is 244 g/mol. The van der Waals surface area contributed by atoms with E-state index in [1.807, 2.05) is 13.8 Å². The van der Waals surface area contributed by atoms with Gasteiger partial charge in [0, 0.05) is 23.6 Å². The molecule has 0 bridgehead atoms. The number of fused-ring (bicyclic) bond motifs is 1. The monoisotopic (exact) mass is 244 g/mol. The van der Waals surface area contributed by atoms with Gasteiger partial charge in [-0.3, -0.25) is 4.90 Å². The van der Waals surface area contributed by atoms with E-state index in [0.717, 1.165) is 6.54 Å². The molecular formula is C16H24N2. The van der Waals surface area contributed by atoms with Gasteiger partial charge < -0.3 is 4.98 Å². The van der Waals surface area contributed by atoms with Crippen molar-refractivity contribution in [3.63, 3.8) is 0 Å². The maximum atomic E-state index is 3.35. The molecular weight excluding hydrogens is 220 g/mol. The molecule has 0 amide bonds. The van der Waals surface area contributed by atoms with Crippen LogP contribution in [0.5, 0.6) is 0 Å². The van der Waals surface area contributed by atoms with E-state index < -0.39 is 0 Å². The van der Waals surface area contributed by atoms with Crippen molar-refractivity contribution in [2.75, 3.05) is 13.1 Å². The molecule has 1 saturated heterocycles. The van der Waals surface area contributed by atoms with Crippen LogP contribution >= 0.6 is 0 Å². The Morgan fingerprint density at radius 3 is 2.56 bits per heavy atom. The van der Waals surface area contributed by atoms with Gasteiger partial charge in [0.25, 0.3) is 0 Å². The van der Waals surface area contributed by atoms with E-state index in [1.54, 1.807) is 0 Å². The summed E-state index contributed by atoms with van der Waals surface area (Å²) in [7, 11) is 0. The molecule has 2 heteroatoms. The van der Waals surface area contributed by atoms with Gasteiger partial charge in [0.1, 0.15) is 0 Å². The van der Waals surface area contributed by atoms with Crippen LogP contribution in [0.4, 0.5) is 0 Å². The lowest BCUT2D eigenvalue weighted by Crippen LogP contribution is -2.28. The summed E-state index contributed by atoms with van der Waals surface area (Å²) in [5, 5.41) is 1.38. The second-order valence-electron chi connectivity index (χ2n) is 4.70. The Kier molecular flexibility index (Phi) is 4.82. The van der Waals surface area contributed by atoms with E-state index in [1.165, 1.54) is 48.8 Å². The molecule has 98 valence electrons. The Bertz CT molecular complexity index is 467. The van der Waals surface area contributed by atoms with Gasteiger partial charge >= 0.3 is 0 Å². The van der Waals surface area contributed by atoms with Gasteiger partial charge in [0.05, 0.1) is 0 Å². The largest absolute Gasteiger partial charge is 0.361 e. The quantitative estimate of drug-likeness (QED) is 0.839. The van der Waals surface area contributed by atoms with E-state index in [2.05, 4.69) is 40.3 Å². The molecule has 1 aliphatic rings. The van der Waals surface area contributed by atoms with Crippen LogP contribution in [0.3, 0.4) is 0 Å². The molecule has 0 radical (unpaired) electrons. The Hall–Kier alpha value is -1.28. The van der Waals surface area contributed by atoms with E-state index in [0.29, 0.717) is 0 Å². The van der Waals surface area contributed by atoms with Crippen molar-refractivity contribution in [1.29, 1.82) is 0 Å². The number of benzene rings is 1. The highest BCUT2D eigenvalue weighted by Gasteiger charge is 2.12. The molecule has 1 aliphatic heterocycles. The minimum Gasteiger partial charge on any atom is -0.361 e. The molecule has 2 nitrogen and oxygen atoms in total. The molecule has 0 saturated carbocycles. The fraction of sp³-hybridized carbons (Fsp3) is 0.500. The highest BCUT2D eigenvalue weighted by Crippen LogP contribution is 2.20. The van der Waals surface area contributed by atoms with Crippen LogP contribution in [0.1, 0.15) is 38.7 Å². The Morgan fingerprint density at radius 1 is 1.06 bits per heavy atom. The van der Waals surface area contributed by atoms with E-state index in [-0.39, 0.29) is 0 Å². The standard InChI is InChI=1S/C14H18N2.C2H6/c1-4-8-16(9-5-1)11-12-10-15-14-7-3-2-6-13(12)14;1-2/h2-3,6-7,10,15H,1,4-5,8-9,11H2;1-2H3. The van der Waals surface area contributed by atoms with Crippen molar-refractivity contribution >= 4 is 10.9 Å². The number of H-pyrrole nitrogens is 1. The summed E-state index contributed by atoms with van der Waals surface area (Å²) in [6.45, 7) is 7.63. The lowest BCUT2D eigenvalue weighted by atomic mass is 10.1. The fourth-order valence-electron chi connectivity index (χ4n) is 2.62. The zero-order valence-electron chi connectivity index (χ0n) is 11.6. The fourth-order valence-corrected chi connectivity index (χ4v) is 2.62. The van der Waals surface area contributed by atoms with Crippen molar-refractivity contribution in [3.05, 3.63) is 36.0 Å². The molecule has 18 heavy (non-hydrogen) atoms. The minimum absolute atomic E-state index is 1.10. The molecule has 0 aliphatic carbocycles. The van der Waals surface area contributed by atoms with Gasteiger partial charge in [-0.05, 0) is 37.6 Å². The molecule has 0 spiro atoms. The number of rotatable bonds is 2. The number of hydrogen-bond donors (Lipinski definition) is 1. The summed E-state index contributed by atoms with van der Waals surface area (Å²) in [6, 6.07) is 8.57. The highest BCUT2D eigenvalue weighted by atomic mass is 15.1. The first-order chi connectivity index (χ1) is 8.93. The van der Waals surface area contributed by atoms with Gasteiger partial charge in [-0.15, -0.1) is 0 Å². The summed E-state index contributed by atoms with van der Waals surface area (Å²) in [5.74, 6) is 0. The summed E-state index contributed by atoms with van der Waals surface area (Å²) in [6.07, 6.45) is 6.30. The molecule has 0 unspecified atom stereocenters. The lowest BCUT2D eigenvalue weighted by molar-refractivity contribution is 0.221. The minimum atomic E-state index is 1.10. The SMILES string of the molecule is CC.c1ccc2c(CN3CCCCC3)c[nH]c2c1. The molecule has 1 fully saturated rings. The smallest absolute Gasteiger partial charge is 0.0457 e. The van der Waals surface area contributed by atoms with Crippen LogP contribution in [0.15, 0.2) is 30.5 Å². The molecule has 3 rings (SSSR count). The van der Waals surface area contributed by atoms with Crippen molar-refractivity contribution in [3.8, 4) is 0 Å². The van der Waals surface area contributed by atoms with Crippen molar-refractivity contribution in [1.82, 2.24) is 9.88 Å². The number of piperidine rings is 1. The first-order valence-electron chi connectivity index (χ1n) is 7.21. The first kappa shape index (κ1) is 13.2. The van der Waals surface area contributed by atoms with E-state index in [9.17, 15) is 0 Å². The molecule has 2 heterocycles. The van der Waals surface area contributed by atoms with Crippen LogP contribution in [0.2, 0.25) is 0 Å². The predicted molar refractivity (Wildman–Crippen MR) is 78.8 cm³/mol. The number of nitrogens with zero attached hydrogens (tertiary/aromatic N) is 1. The van der Waals surface area contributed by atoms with Crippen LogP contribution in [-0.2, 0) is 6.54 Å². The van der Waals surface area contributed by atoms with Crippen molar-refractivity contribution < 1.29 is 0 Å². The zero-order valence-corrected chi connectivity index (χ0v) is 11.6. The molecule has 2 aromatic rings. The number of aromatic amines is 1. The summed E-state index contributed by atoms with van der Waals surface area (Å²) < 4.78 is 0. The van der Waals surface area contributed by atoms with E-state index >= 15 is 0 Å². The number of likely N-dealkylation sites (tertiary alicyclic amines) is 1. The third-order valence-corrected chi connectivity index (χ3v) is 3.52. The molecule has 1 N–H and O–H groups in total. The van der Waals surface area contributed by atoms with Gasteiger partial charge in [-0.2, -0.15) is 0 Å². The molecule has 1 aromatic heterocycles. The van der Waals surface area contributed by atoms with Crippen LogP contribution in [-0.4, -0.2) is 23.0 Å². The van der Waals surface area contributed by atoms with Crippen molar-refractivity contribution in [2.24, 2.45) is 0 Å². The Morgan fingerprint density at radius 2 is 1.78 bits per heavy atom. The van der Waals surface area contributed by atoms with Gasteiger partial charge in [-0.1, -0.05) is 38.5 Å². The lowest BCUT2D eigenvalue weighted by Gasteiger charge is -2.26. The highest BCUT2D eigenvalue weighted by molar-refractivity contribution is 5.82. The second-order valence-corrected chi connectivity index (χ2v) is 4.70. The van der Waals surface area contributed by atoms with Gasteiger partial charge in [0.2, 0.25) is 0 Å². The molecule has 1 aromatic carbocycles. The predicted octanol–water partition coefficient (Wildman–Crippen LogP) is 4.18. The third-order valence-electron chi connectivity index (χ3n) is 3.52. The maximum absolute atomic E-state index is 3.35. The Balaban J connectivity index is 0.000000574. The number of nitrogens with one attached hydrogen (secondary N) is 1.